The van der Waals surface area contributed by atoms with Crippen molar-refractivity contribution in [2.45, 2.75) is 20.8 Å². The van der Waals surface area contributed by atoms with Crippen LogP contribution >= 0.6 is 0 Å². The number of amides is 1. The lowest BCUT2D eigenvalue weighted by Gasteiger charge is -2.23. The van der Waals surface area contributed by atoms with E-state index in [4.69, 9.17) is 5.26 Å². The molecule has 0 saturated heterocycles. The first-order valence-corrected chi connectivity index (χ1v) is 6.50. The van der Waals surface area contributed by atoms with Gasteiger partial charge in [-0.05, 0) is 26.8 Å². The zero-order valence-electron chi connectivity index (χ0n) is 11.7. The van der Waals surface area contributed by atoms with Crippen molar-refractivity contribution in [2.24, 2.45) is 5.92 Å². The number of carbonyl (C=O) groups is 1. The second-order valence-electron chi connectivity index (χ2n) is 4.33. The first-order chi connectivity index (χ1) is 9.13. The number of nitrogens with one attached hydrogen (secondary N) is 1. The molecular weight excluding hydrogens is 240 g/mol. The van der Waals surface area contributed by atoms with Gasteiger partial charge in [0.15, 0.2) is 0 Å². The van der Waals surface area contributed by atoms with Gasteiger partial charge in [-0.2, -0.15) is 5.26 Å². The second kappa shape index (κ2) is 7.37. The van der Waals surface area contributed by atoms with Crippen LogP contribution in [0.15, 0.2) is 18.5 Å². The molecule has 1 aromatic heterocycles. The Kier molecular flexibility index (Phi) is 5.80. The fourth-order valence-corrected chi connectivity index (χ4v) is 1.81. The van der Waals surface area contributed by atoms with Gasteiger partial charge >= 0.3 is 0 Å². The van der Waals surface area contributed by atoms with Crippen LogP contribution in [0, 0.1) is 17.2 Å². The van der Waals surface area contributed by atoms with Crippen molar-refractivity contribution in [1.82, 2.24) is 9.88 Å². The number of hydrogen-bond acceptors (Lipinski definition) is 4. The largest absolute Gasteiger partial charge is 0.385 e. The van der Waals surface area contributed by atoms with Crippen LogP contribution < -0.4 is 5.32 Å². The Morgan fingerprint density at radius 3 is 2.89 bits per heavy atom. The van der Waals surface area contributed by atoms with Gasteiger partial charge in [-0.15, -0.1) is 0 Å². The van der Waals surface area contributed by atoms with E-state index in [1.54, 1.807) is 23.4 Å². The first-order valence-electron chi connectivity index (χ1n) is 6.50. The monoisotopic (exact) mass is 260 g/mol. The van der Waals surface area contributed by atoms with Crippen LogP contribution in [-0.2, 0) is 0 Å². The molecule has 1 N–H and O–H groups in total. The average Bonchev–Trinajstić information content (AvgIpc) is 2.44. The molecule has 0 aliphatic rings. The number of aromatic nitrogens is 1. The fraction of sp³-hybridized carbons (Fsp3) is 0.500. The molecule has 19 heavy (non-hydrogen) atoms. The number of nitriles is 1. The highest BCUT2D eigenvalue weighted by Crippen LogP contribution is 2.16. The quantitative estimate of drug-likeness (QED) is 0.850. The predicted molar refractivity (Wildman–Crippen MR) is 74.8 cm³/mol. The van der Waals surface area contributed by atoms with E-state index in [2.05, 4.69) is 16.4 Å². The zero-order chi connectivity index (χ0) is 14.3. The number of pyridine rings is 1. The lowest BCUT2D eigenvalue weighted by molar-refractivity contribution is 0.0753. The van der Waals surface area contributed by atoms with Crippen molar-refractivity contribution in [3.8, 4) is 6.07 Å². The van der Waals surface area contributed by atoms with E-state index in [-0.39, 0.29) is 11.8 Å². The number of anilines is 1. The molecule has 1 aromatic rings. The molecule has 1 atom stereocenters. The Labute approximate surface area is 114 Å². The Morgan fingerprint density at radius 2 is 2.32 bits per heavy atom. The summed E-state index contributed by atoms with van der Waals surface area (Å²) in [6.07, 6.45) is 3.23. The third-order valence-electron chi connectivity index (χ3n) is 2.80. The van der Waals surface area contributed by atoms with Crippen LogP contribution in [0.1, 0.15) is 31.1 Å². The maximum absolute atomic E-state index is 12.5. The molecule has 5 heteroatoms. The molecule has 1 amide bonds. The van der Waals surface area contributed by atoms with E-state index < -0.39 is 0 Å². The number of rotatable bonds is 6. The lowest BCUT2D eigenvalue weighted by atomic mass is 10.1. The molecule has 102 valence electrons. The predicted octanol–water partition coefficient (Wildman–Crippen LogP) is 2.14. The van der Waals surface area contributed by atoms with Crippen molar-refractivity contribution in [3.63, 3.8) is 0 Å². The van der Waals surface area contributed by atoms with Crippen molar-refractivity contribution in [3.05, 3.63) is 24.0 Å². The van der Waals surface area contributed by atoms with Crippen LogP contribution in [0.5, 0.6) is 0 Å². The molecule has 1 rings (SSSR count). The van der Waals surface area contributed by atoms with Gasteiger partial charge in [-0.1, -0.05) is 0 Å². The van der Waals surface area contributed by atoms with Crippen molar-refractivity contribution in [2.75, 3.05) is 25.0 Å². The molecule has 0 aromatic carbocycles. The summed E-state index contributed by atoms with van der Waals surface area (Å²) < 4.78 is 0. The maximum atomic E-state index is 12.5. The van der Waals surface area contributed by atoms with Gasteiger partial charge in [0, 0.05) is 32.0 Å². The maximum Gasteiger partial charge on any atom is 0.257 e. The smallest absolute Gasteiger partial charge is 0.257 e. The Bertz CT molecular complexity index is 467. The van der Waals surface area contributed by atoms with Gasteiger partial charge in [0.1, 0.15) is 0 Å². The highest BCUT2D eigenvalue weighted by molar-refractivity contribution is 5.99. The van der Waals surface area contributed by atoms with Gasteiger partial charge in [0.25, 0.3) is 5.91 Å². The highest BCUT2D eigenvalue weighted by Gasteiger charge is 2.19. The molecule has 0 aliphatic carbocycles. The fourth-order valence-electron chi connectivity index (χ4n) is 1.81. The van der Waals surface area contributed by atoms with E-state index in [0.29, 0.717) is 18.7 Å². The van der Waals surface area contributed by atoms with Crippen molar-refractivity contribution < 1.29 is 4.79 Å². The van der Waals surface area contributed by atoms with Crippen LogP contribution in [0.4, 0.5) is 5.69 Å². The number of carbonyl (C=O) groups excluding carboxylic acids is 1. The van der Waals surface area contributed by atoms with Crippen LogP contribution in [0.25, 0.3) is 0 Å². The van der Waals surface area contributed by atoms with Crippen LogP contribution in [0.3, 0.4) is 0 Å². The minimum absolute atomic E-state index is 0.0892. The van der Waals surface area contributed by atoms with Gasteiger partial charge in [0.05, 0.1) is 23.2 Å². The van der Waals surface area contributed by atoms with E-state index in [9.17, 15) is 4.79 Å². The standard InChI is InChI=1S/C14H20N4O/c1-4-17-13-6-7-16-9-12(13)14(19)18(5-2)10-11(3)8-15/h6-7,9,11H,4-5,10H2,1-3H3,(H,16,17). The SMILES string of the molecule is CCNc1ccncc1C(=O)N(CC)CC(C)C#N. The zero-order valence-corrected chi connectivity index (χ0v) is 11.7. The molecule has 1 heterocycles. The van der Waals surface area contributed by atoms with Gasteiger partial charge in [-0.3, -0.25) is 9.78 Å². The summed E-state index contributed by atoms with van der Waals surface area (Å²) in [6.45, 7) is 7.45. The minimum Gasteiger partial charge on any atom is -0.385 e. The summed E-state index contributed by atoms with van der Waals surface area (Å²) in [4.78, 5) is 18.1. The lowest BCUT2D eigenvalue weighted by Crippen LogP contribution is -2.34. The molecule has 0 fully saturated rings. The third-order valence-corrected chi connectivity index (χ3v) is 2.80. The molecule has 1 unspecified atom stereocenters. The third kappa shape index (κ3) is 3.95. The Hall–Kier alpha value is -2.09. The summed E-state index contributed by atoms with van der Waals surface area (Å²) in [6, 6.07) is 3.94. The topological polar surface area (TPSA) is 69.0 Å². The number of hydrogen-bond donors (Lipinski definition) is 1. The van der Waals surface area contributed by atoms with E-state index in [1.165, 1.54) is 0 Å². The van der Waals surface area contributed by atoms with Crippen LogP contribution in [-0.4, -0.2) is 35.4 Å². The van der Waals surface area contributed by atoms with E-state index in [0.717, 1.165) is 12.2 Å². The molecule has 0 bridgehead atoms. The van der Waals surface area contributed by atoms with Crippen molar-refractivity contribution in [1.29, 1.82) is 5.26 Å². The molecule has 0 saturated carbocycles. The molecule has 0 spiro atoms. The highest BCUT2D eigenvalue weighted by atomic mass is 16.2. The summed E-state index contributed by atoms with van der Waals surface area (Å²) >= 11 is 0. The van der Waals surface area contributed by atoms with Crippen molar-refractivity contribution >= 4 is 11.6 Å². The molecular formula is C14H20N4O. The molecule has 0 radical (unpaired) electrons. The van der Waals surface area contributed by atoms with E-state index in [1.807, 2.05) is 20.8 Å². The van der Waals surface area contributed by atoms with Gasteiger partial charge in [0.2, 0.25) is 0 Å². The molecule has 0 aliphatic heterocycles. The van der Waals surface area contributed by atoms with Crippen LogP contribution in [0.2, 0.25) is 0 Å². The normalized spacial score (nSPS) is 11.5. The number of nitrogens with zero attached hydrogens (tertiary/aromatic N) is 3. The summed E-state index contributed by atoms with van der Waals surface area (Å²) in [5, 5.41) is 12.0. The minimum atomic E-state index is -0.178. The second-order valence-corrected chi connectivity index (χ2v) is 4.33. The van der Waals surface area contributed by atoms with Gasteiger partial charge < -0.3 is 10.2 Å². The summed E-state index contributed by atoms with van der Waals surface area (Å²) in [5.41, 5.74) is 1.34. The van der Waals surface area contributed by atoms with Gasteiger partial charge in [-0.25, -0.2) is 0 Å². The summed E-state index contributed by atoms with van der Waals surface area (Å²) in [5.74, 6) is -0.267. The first kappa shape index (κ1) is 15.0. The average molecular weight is 260 g/mol. The molecule has 5 nitrogen and oxygen atoms in total. The van der Waals surface area contributed by atoms with E-state index >= 15 is 0 Å². The summed E-state index contributed by atoms with van der Waals surface area (Å²) in [7, 11) is 0. The Morgan fingerprint density at radius 1 is 1.58 bits per heavy atom. The Balaban J connectivity index is 2.94.